The summed E-state index contributed by atoms with van der Waals surface area (Å²) in [6.45, 7) is 5.02. The zero-order valence-corrected chi connectivity index (χ0v) is 15.4. The molecule has 5 nitrogen and oxygen atoms in total. The summed E-state index contributed by atoms with van der Waals surface area (Å²) in [5, 5.41) is 0.720. The Morgan fingerprint density at radius 1 is 1.12 bits per heavy atom. The molecule has 0 spiro atoms. The van der Waals surface area contributed by atoms with Gasteiger partial charge in [-0.2, -0.15) is 0 Å². The first-order chi connectivity index (χ1) is 11.7. The van der Waals surface area contributed by atoms with Gasteiger partial charge in [0.05, 0.1) is 5.69 Å². The molecule has 0 aliphatic carbocycles. The predicted molar refractivity (Wildman–Crippen MR) is 99.4 cm³/mol. The van der Waals surface area contributed by atoms with Crippen LogP contribution < -0.4 is 4.90 Å². The lowest BCUT2D eigenvalue weighted by Crippen LogP contribution is -2.49. The summed E-state index contributed by atoms with van der Waals surface area (Å²) >= 11 is 3.33. The first-order valence-corrected chi connectivity index (χ1v) is 9.29. The average Bonchev–Trinajstić information content (AvgIpc) is 2.62. The SMILES string of the molecule is Cc1nc(-c2ccccc2)cc(N2CCN(C(=O)CCBr)CC2)n1. The number of carbonyl (C=O) groups is 1. The fourth-order valence-electron chi connectivity index (χ4n) is 2.89. The Kier molecular flexibility index (Phi) is 5.45. The van der Waals surface area contributed by atoms with Crippen LogP contribution in [0.25, 0.3) is 11.3 Å². The Balaban J connectivity index is 1.74. The van der Waals surface area contributed by atoms with E-state index in [4.69, 9.17) is 0 Å². The second kappa shape index (κ2) is 7.75. The van der Waals surface area contributed by atoms with Gasteiger partial charge in [0.25, 0.3) is 0 Å². The number of anilines is 1. The van der Waals surface area contributed by atoms with E-state index >= 15 is 0 Å². The molecule has 0 bridgehead atoms. The summed E-state index contributed by atoms with van der Waals surface area (Å²) in [4.78, 5) is 25.3. The fraction of sp³-hybridized carbons (Fsp3) is 0.389. The van der Waals surface area contributed by atoms with Gasteiger partial charge in [0.2, 0.25) is 5.91 Å². The topological polar surface area (TPSA) is 49.3 Å². The molecule has 0 saturated carbocycles. The standard InChI is InChI=1S/C18H21BrN4O/c1-14-20-16(15-5-3-2-4-6-15)13-17(21-14)22-9-11-23(12-10-22)18(24)7-8-19/h2-6,13H,7-12H2,1H3. The number of aryl methyl sites for hydroxylation is 1. The summed E-state index contributed by atoms with van der Waals surface area (Å²) in [5.41, 5.74) is 2.03. The van der Waals surface area contributed by atoms with Gasteiger partial charge in [-0.05, 0) is 6.92 Å². The van der Waals surface area contributed by atoms with Gasteiger partial charge in [-0.15, -0.1) is 0 Å². The van der Waals surface area contributed by atoms with Crippen LogP contribution in [0.3, 0.4) is 0 Å². The van der Waals surface area contributed by atoms with Gasteiger partial charge in [-0.25, -0.2) is 9.97 Å². The third-order valence-electron chi connectivity index (χ3n) is 4.16. The lowest BCUT2D eigenvalue weighted by atomic mass is 10.1. The van der Waals surface area contributed by atoms with Gasteiger partial charge in [0.1, 0.15) is 11.6 Å². The normalized spacial score (nSPS) is 14.8. The van der Waals surface area contributed by atoms with E-state index in [0.29, 0.717) is 6.42 Å². The van der Waals surface area contributed by atoms with Crippen LogP contribution in [0.5, 0.6) is 0 Å². The summed E-state index contributed by atoms with van der Waals surface area (Å²) in [7, 11) is 0. The highest BCUT2D eigenvalue weighted by Crippen LogP contribution is 2.22. The number of carbonyl (C=O) groups excluding carboxylic acids is 1. The van der Waals surface area contributed by atoms with Crippen LogP contribution in [-0.2, 0) is 4.79 Å². The van der Waals surface area contributed by atoms with E-state index in [1.54, 1.807) is 0 Å². The van der Waals surface area contributed by atoms with Crippen LogP contribution in [0.4, 0.5) is 5.82 Å². The second-order valence-corrected chi connectivity index (χ2v) is 6.62. The zero-order chi connectivity index (χ0) is 16.9. The Morgan fingerprint density at radius 2 is 1.83 bits per heavy atom. The fourth-order valence-corrected chi connectivity index (χ4v) is 3.23. The lowest BCUT2D eigenvalue weighted by Gasteiger charge is -2.35. The molecule has 6 heteroatoms. The maximum absolute atomic E-state index is 12.0. The van der Waals surface area contributed by atoms with E-state index in [2.05, 4.69) is 42.9 Å². The molecule has 1 aromatic carbocycles. The van der Waals surface area contributed by atoms with Crippen molar-refractivity contribution in [1.82, 2.24) is 14.9 Å². The number of alkyl halides is 1. The molecule has 1 amide bonds. The van der Waals surface area contributed by atoms with E-state index < -0.39 is 0 Å². The van der Waals surface area contributed by atoms with Gasteiger partial charge in [0, 0.05) is 49.6 Å². The minimum atomic E-state index is 0.218. The summed E-state index contributed by atoms with van der Waals surface area (Å²) in [5.74, 6) is 1.92. The summed E-state index contributed by atoms with van der Waals surface area (Å²) < 4.78 is 0. The Hall–Kier alpha value is -1.95. The monoisotopic (exact) mass is 388 g/mol. The van der Waals surface area contributed by atoms with E-state index in [1.165, 1.54) is 0 Å². The molecule has 24 heavy (non-hydrogen) atoms. The number of benzene rings is 1. The van der Waals surface area contributed by atoms with Gasteiger partial charge in [-0.1, -0.05) is 46.3 Å². The first kappa shape index (κ1) is 16.9. The van der Waals surface area contributed by atoms with E-state index in [-0.39, 0.29) is 5.91 Å². The van der Waals surface area contributed by atoms with Crippen molar-refractivity contribution in [1.29, 1.82) is 0 Å². The molecule has 1 fully saturated rings. The van der Waals surface area contributed by atoms with Crippen molar-refractivity contribution >= 4 is 27.7 Å². The average molecular weight is 389 g/mol. The maximum Gasteiger partial charge on any atom is 0.223 e. The Morgan fingerprint density at radius 3 is 2.50 bits per heavy atom. The van der Waals surface area contributed by atoms with Gasteiger partial charge < -0.3 is 9.80 Å². The lowest BCUT2D eigenvalue weighted by molar-refractivity contribution is -0.131. The number of halogens is 1. The highest BCUT2D eigenvalue weighted by molar-refractivity contribution is 9.09. The number of piperazine rings is 1. The zero-order valence-electron chi connectivity index (χ0n) is 13.8. The molecule has 1 aliphatic heterocycles. The number of amides is 1. The van der Waals surface area contributed by atoms with Crippen molar-refractivity contribution in [3.05, 3.63) is 42.2 Å². The summed E-state index contributed by atoms with van der Waals surface area (Å²) in [6.07, 6.45) is 0.560. The third-order valence-corrected chi connectivity index (χ3v) is 4.56. The Bertz CT molecular complexity index is 699. The number of hydrogen-bond acceptors (Lipinski definition) is 4. The largest absolute Gasteiger partial charge is 0.353 e. The minimum Gasteiger partial charge on any atom is -0.353 e. The van der Waals surface area contributed by atoms with Crippen LogP contribution in [0, 0.1) is 6.92 Å². The molecule has 3 rings (SSSR count). The van der Waals surface area contributed by atoms with E-state index in [9.17, 15) is 4.79 Å². The van der Waals surface area contributed by atoms with E-state index in [1.807, 2.05) is 36.1 Å². The highest BCUT2D eigenvalue weighted by atomic mass is 79.9. The van der Waals surface area contributed by atoms with Crippen LogP contribution in [0.15, 0.2) is 36.4 Å². The number of aromatic nitrogens is 2. The molecule has 0 N–H and O–H groups in total. The first-order valence-electron chi connectivity index (χ1n) is 8.17. The minimum absolute atomic E-state index is 0.218. The van der Waals surface area contributed by atoms with Crippen molar-refractivity contribution < 1.29 is 4.79 Å². The van der Waals surface area contributed by atoms with Crippen LogP contribution >= 0.6 is 15.9 Å². The van der Waals surface area contributed by atoms with Crippen molar-refractivity contribution in [2.75, 3.05) is 36.4 Å². The third kappa shape index (κ3) is 3.93. The molecule has 126 valence electrons. The molecule has 1 aliphatic rings. The highest BCUT2D eigenvalue weighted by Gasteiger charge is 2.22. The second-order valence-electron chi connectivity index (χ2n) is 5.83. The quantitative estimate of drug-likeness (QED) is 0.755. The van der Waals surface area contributed by atoms with Gasteiger partial charge in [-0.3, -0.25) is 4.79 Å². The smallest absolute Gasteiger partial charge is 0.223 e. The van der Waals surface area contributed by atoms with Crippen LogP contribution in [0.1, 0.15) is 12.2 Å². The molecule has 2 aromatic rings. The van der Waals surface area contributed by atoms with Crippen molar-refractivity contribution in [3.63, 3.8) is 0 Å². The molecule has 0 unspecified atom stereocenters. The van der Waals surface area contributed by atoms with Crippen molar-refractivity contribution in [3.8, 4) is 11.3 Å². The maximum atomic E-state index is 12.0. The van der Waals surface area contributed by atoms with Gasteiger partial charge in [0.15, 0.2) is 0 Å². The van der Waals surface area contributed by atoms with Crippen molar-refractivity contribution in [2.24, 2.45) is 0 Å². The number of rotatable bonds is 4. The molecular weight excluding hydrogens is 368 g/mol. The van der Waals surface area contributed by atoms with Crippen molar-refractivity contribution in [2.45, 2.75) is 13.3 Å². The molecule has 0 atom stereocenters. The number of hydrogen-bond donors (Lipinski definition) is 0. The van der Waals surface area contributed by atoms with Crippen LogP contribution in [0.2, 0.25) is 0 Å². The molecule has 0 radical (unpaired) electrons. The molecular formula is C18H21BrN4O. The Labute approximate surface area is 150 Å². The van der Waals surface area contributed by atoms with Crippen LogP contribution in [-0.4, -0.2) is 52.3 Å². The molecule has 2 heterocycles. The number of nitrogens with zero attached hydrogens (tertiary/aromatic N) is 4. The predicted octanol–water partition coefficient (Wildman–Crippen LogP) is 2.89. The summed E-state index contributed by atoms with van der Waals surface area (Å²) in [6, 6.07) is 12.2. The molecule has 1 aromatic heterocycles. The van der Waals surface area contributed by atoms with Gasteiger partial charge >= 0.3 is 0 Å². The van der Waals surface area contributed by atoms with E-state index in [0.717, 1.165) is 54.4 Å². The molecule has 1 saturated heterocycles.